The van der Waals surface area contributed by atoms with Crippen LogP contribution in [0.3, 0.4) is 0 Å². The number of alkyl carbamates (subject to hydrolysis) is 1. The first kappa shape index (κ1) is 45.7. The Hall–Kier alpha value is -3.87. The highest BCUT2D eigenvalue weighted by molar-refractivity contribution is 8.14. The number of ether oxygens (including phenoxy) is 2. The second kappa shape index (κ2) is 16.8. The van der Waals surface area contributed by atoms with Crippen molar-refractivity contribution in [2.24, 2.45) is 16.3 Å². The molecule has 0 radical (unpaired) electrons. The zero-order valence-corrected chi connectivity index (χ0v) is 38.3. The molecule has 3 heterocycles. The van der Waals surface area contributed by atoms with Gasteiger partial charge in [0.05, 0.1) is 28.4 Å². The van der Waals surface area contributed by atoms with Gasteiger partial charge < -0.3 is 30.3 Å². The lowest BCUT2D eigenvalue weighted by atomic mass is 9.85. The third kappa shape index (κ3) is 10.6. The zero-order chi connectivity index (χ0) is 44.2. The van der Waals surface area contributed by atoms with Gasteiger partial charge in [-0.15, -0.1) is 0 Å². The Balaban J connectivity index is 1.32. The SMILES string of the molecule is CC[C@@H]1C[C@]1(NC(=O)[C@@H]1C[C@@H](Oc2cc(C3CSC(NC(C)C)=N3)nc3c(Cl)cccc23)CN1C(=O)[C@@H](NC(=O)OC(C)(C)C)C(C)(C)C)C(=O)NS(=O)(=O)OC1(C)CC1. The van der Waals surface area contributed by atoms with Crippen LogP contribution in [0.1, 0.15) is 113 Å². The summed E-state index contributed by atoms with van der Waals surface area (Å²) in [5, 5.41) is 10.8. The number of para-hydroxylation sites is 1. The molecule has 4 N–H and O–H groups in total. The Bertz CT molecular complexity index is 2170. The van der Waals surface area contributed by atoms with Crippen molar-refractivity contribution < 1.29 is 41.3 Å². The van der Waals surface area contributed by atoms with E-state index in [2.05, 4.69) is 16.0 Å². The number of nitrogens with zero attached hydrogens (tertiary/aromatic N) is 3. The number of benzene rings is 1. The summed E-state index contributed by atoms with van der Waals surface area (Å²) in [5.74, 6) is -1.46. The van der Waals surface area contributed by atoms with Crippen LogP contribution in [0.5, 0.6) is 5.75 Å². The number of aliphatic imine (C=N–C) groups is 1. The predicted octanol–water partition coefficient (Wildman–Crippen LogP) is 5.53. The van der Waals surface area contributed by atoms with E-state index in [4.69, 9.17) is 35.2 Å². The molecular formula is C41H58ClN7O9S2. The molecule has 0 bridgehead atoms. The lowest BCUT2D eigenvalue weighted by molar-refractivity contribution is -0.143. The van der Waals surface area contributed by atoms with Gasteiger partial charge in [-0.25, -0.2) is 18.7 Å². The second-order valence-corrected chi connectivity index (χ2v) is 21.6. The minimum atomic E-state index is -4.48. The lowest BCUT2D eigenvalue weighted by Gasteiger charge is -2.36. The monoisotopic (exact) mass is 891 g/mol. The maximum Gasteiger partial charge on any atom is 0.408 e. The number of amidine groups is 1. The minimum absolute atomic E-state index is 0.00522. The van der Waals surface area contributed by atoms with Gasteiger partial charge in [0.15, 0.2) is 5.17 Å². The number of pyridine rings is 1. The highest BCUT2D eigenvalue weighted by atomic mass is 35.5. The normalized spacial score (nSPS) is 25.3. The van der Waals surface area contributed by atoms with E-state index in [-0.39, 0.29) is 37.4 Å². The van der Waals surface area contributed by atoms with Crippen molar-refractivity contribution in [2.75, 3.05) is 12.3 Å². The summed E-state index contributed by atoms with van der Waals surface area (Å²) < 4.78 is 45.3. The number of likely N-dealkylation sites (tertiary alicyclic amines) is 1. The van der Waals surface area contributed by atoms with Crippen LogP contribution >= 0.6 is 23.4 Å². The molecule has 19 heteroatoms. The number of hydrogen-bond donors (Lipinski definition) is 4. The number of nitrogens with one attached hydrogen (secondary N) is 4. The summed E-state index contributed by atoms with van der Waals surface area (Å²) in [6, 6.07) is 4.73. The first-order valence-electron chi connectivity index (χ1n) is 20.4. The summed E-state index contributed by atoms with van der Waals surface area (Å²) in [6.45, 7) is 18.0. The van der Waals surface area contributed by atoms with Gasteiger partial charge in [0.2, 0.25) is 11.8 Å². The summed E-state index contributed by atoms with van der Waals surface area (Å²) in [5.41, 5.74) is -2.99. The number of rotatable bonds is 13. The molecule has 4 amide bonds. The van der Waals surface area contributed by atoms with Gasteiger partial charge in [-0.1, -0.05) is 63.5 Å². The van der Waals surface area contributed by atoms with E-state index in [1.807, 2.05) is 37.6 Å². The van der Waals surface area contributed by atoms with Crippen LogP contribution in [0.25, 0.3) is 10.9 Å². The van der Waals surface area contributed by atoms with Gasteiger partial charge in [-0.3, -0.25) is 19.4 Å². The fraction of sp³-hybridized carbons (Fsp3) is 0.659. The molecule has 330 valence electrons. The van der Waals surface area contributed by atoms with E-state index in [0.29, 0.717) is 52.4 Å². The van der Waals surface area contributed by atoms with Gasteiger partial charge >= 0.3 is 16.4 Å². The van der Waals surface area contributed by atoms with Crippen molar-refractivity contribution in [3.05, 3.63) is 35.0 Å². The number of carbonyl (C=O) groups is 4. The van der Waals surface area contributed by atoms with E-state index in [1.165, 1.54) is 4.90 Å². The fourth-order valence-electron chi connectivity index (χ4n) is 7.48. The molecule has 1 aromatic heterocycles. The van der Waals surface area contributed by atoms with Crippen molar-refractivity contribution >= 4 is 73.6 Å². The van der Waals surface area contributed by atoms with Crippen molar-refractivity contribution in [3.8, 4) is 5.75 Å². The van der Waals surface area contributed by atoms with Gasteiger partial charge in [0.1, 0.15) is 41.1 Å². The average molecular weight is 893 g/mol. The third-order valence-corrected chi connectivity index (χ3v) is 13.3. The van der Waals surface area contributed by atoms with E-state index in [0.717, 1.165) is 5.17 Å². The van der Waals surface area contributed by atoms with E-state index >= 15 is 0 Å². The van der Waals surface area contributed by atoms with E-state index in [9.17, 15) is 27.6 Å². The Morgan fingerprint density at radius 2 is 1.80 bits per heavy atom. The first-order valence-corrected chi connectivity index (χ1v) is 23.2. The molecule has 2 aliphatic heterocycles. The number of aromatic nitrogens is 1. The second-order valence-electron chi connectivity index (χ2n) is 18.9. The average Bonchev–Trinajstić information content (AvgIpc) is 3.88. The standard InChI is InChI=1S/C41H58ClN7O9S2/c1-11-23-19-41(23,35(52)48-60(54,55)58-40(10)15-16-40)47-33(50)29-17-24(20-49(29)34(51)32(38(4,5)6)46-37(53)57-39(7,8)9)56-30-18-27(28-21-59-36(45-28)43-22(2)3)44-31-25(30)13-12-14-26(31)42/h12-14,18,22-24,28-29,32H,11,15-17,19-21H2,1-10H3,(H,43,45)(H,46,53)(H,47,50)(H,48,52)/t23-,24-,28?,29+,32-,41-/m1/s1. The van der Waals surface area contributed by atoms with Crippen molar-refractivity contribution in [2.45, 2.75) is 148 Å². The van der Waals surface area contributed by atoms with E-state index in [1.54, 1.807) is 72.4 Å². The first-order chi connectivity index (χ1) is 27.8. The zero-order valence-electron chi connectivity index (χ0n) is 35.9. The van der Waals surface area contributed by atoms with Gasteiger partial charge in [-0.2, -0.15) is 8.42 Å². The van der Waals surface area contributed by atoms with Crippen molar-refractivity contribution in [1.29, 1.82) is 0 Å². The maximum absolute atomic E-state index is 14.8. The van der Waals surface area contributed by atoms with Crippen molar-refractivity contribution in [3.63, 3.8) is 0 Å². The summed E-state index contributed by atoms with van der Waals surface area (Å²) in [6.07, 6.45) is 0.138. The summed E-state index contributed by atoms with van der Waals surface area (Å²) in [4.78, 5) is 67.3. The highest BCUT2D eigenvalue weighted by Gasteiger charge is 2.62. The Morgan fingerprint density at radius 1 is 1.10 bits per heavy atom. The molecule has 6 atom stereocenters. The topological polar surface area (TPSA) is 207 Å². The molecule has 1 saturated heterocycles. The third-order valence-electron chi connectivity index (χ3n) is 10.9. The lowest BCUT2D eigenvalue weighted by Crippen LogP contribution is -2.60. The predicted molar refractivity (Wildman–Crippen MR) is 230 cm³/mol. The molecule has 0 spiro atoms. The number of amides is 4. The Labute approximate surface area is 361 Å². The molecule has 16 nitrogen and oxygen atoms in total. The highest BCUT2D eigenvalue weighted by Crippen LogP contribution is 2.47. The molecule has 4 aliphatic rings. The Morgan fingerprint density at radius 3 is 2.40 bits per heavy atom. The molecule has 3 fully saturated rings. The fourth-order valence-corrected chi connectivity index (χ4v) is 9.92. The van der Waals surface area contributed by atoms with Gasteiger partial charge in [0, 0.05) is 29.7 Å². The molecule has 1 unspecified atom stereocenters. The van der Waals surface area contributed by atoms with Crippen LogP contribution in [0, 0.1) is 11.3 Å². The number of halogens is 1. The number of hydrogen-bond acceptors (Lipinski definition) is 13. The van der Waals surface area contributed by atoms with E-state index < -0.39 is 74.5 Å². The quantitative estimate of drug-likeness (QED) is 0.196. The number of carbonyl (C=O) groups excluding carboxylic acids is 4. The van der Waals surface area contributed by atoms with Crippen LogP contribution in [-0.2, 0) is 33.6 Å². The Kier molecular flexibility index (Phi) is 12.8. The van der Waals surface area contributed by atoms with Crippen LogP contribution < -0.4 is 25.4 Å². The van der Waals surface area contributed by atoms with Crippen LogP contribution in [0.15, 0.2) is 29.3 Å². The molecule has 6 rings (SSSR count). The summed E-state index contributed by atoms with van der Waals surface area (Å²) >= 11 is 8.29. The number of fused-ring (bicyclic) bond motifs is 1. The molecular weight excluding hydrogens is 834 g/mol. The van der Waals surface area contributed by atoms with Gasteiger partial charge in [-0.05, 0) is 84.3 Å². The summed E-state index contributed by atoms with van der Waals surface area (Å²) in [7, 11) is -4.48. The van der Waals surface area contributed by atoms with Crippen molar-refractivity contribution in [1.82, 2.24) is 30.6 Å². The van der Waals surface area contributed by atoms with Crippen LogP contribution in [0.2, 0.25) is 5.02 Å². The molecule has 2 aliphatic carbocycles. The molecule has 60 heavy (non-hydrogen) atoms. The van der Waals surface area contributed by atoms with Crippen LogP contribution in [0.4, 0.5) is 4.79 Å². The minimum Gasteiger partial charge on any atom is -0.488 e. The van der Waals surface area contributed by atoms with Crippen LogP contribution in [-0.4, -0.2) is 101 Å². The number of thioether (sulfide) groups is 1. The smallest absolute Gasteiger partial charge is 0.408 e. The molecule has 2 aromatic rings. The maximum atomic E-state index is 14.8. The van der Waals surface area contributed by atoms with Gasteiger partial charge in [0.25, 0.3) is 5.91 Å². The molecule has 2 saturated carbocycles. The largest absolute Gasteiger partial charge is 0.488 e. The molecule has 1 aromatic carbocycles.